The number of furan rings is 1. The molecule has 2 atom stereocenters. The van der Waals surface area contributed by atoms with Gasteiger partial charge in [-0.1, -0.05) is 6.92 Å². The van der Waals surface area contributed by atoms with E-state index in [1.165, 1.54) is 12.5 Å². The van der Waals surface area contributed by atoms with Crippen molar-refractivity contribution in [2.75, 3.05) is 13.1 Å². The lowest BCUT2D eigenvalue weighted by atomic mass is 9.98. The maximum absolute atomic E-state index is 11.9. The molecule has 0 saturated carbocycles. The maximum atomic E-state index is 11.9. The van der Waals surface area contributed by atoms with Crippen LogP contribution in [0.15, 0.2) is 23.0 Å². The lowest BCUT2D eigenvalue weighted by Gasteiger charge is -2.33. The van der Waals surface area contributed by atoms with Gasteiger partial charge in [-0.05, 0) is 18.4 Å². The van der Waals surface area contributed by atoms with Crippen LogP contribution < -0.4 is 0 Å². The summed E-state index contributed by atoms with van der Waals surface area (Å²) in [6.07, 6.45) is 3.96. The van der Waals surface area contributed by atoms with Crippen molar-refractivity contribution in [2.24, 2.45) is 5.92 Å². The number of piperidine rings is 1. The number of alkyl halides is 1. The van der Waals surface area contributed by atoms with E-state index >= 15 is 0 Å². The van der Waals surface area contributed by atoms with E-state index in [9.17, 15) is 4.79 Å². The van der Waals surface area contributed by atoms with Gasteiger partial charge in [-0.15, -0.1) is 11.6 Å². The van der Waals surface area contributed by atoms with Crippen LogP contribution in [-0.4, -0.2) is 29.3 Å². The van der Waals surface area contributed by atoms with Crippen molar-refractivity contribution in [3.8, 4) is 0 Å². The van der Waals surface area contributed by atoms with Crippen molar-refractivity contribution in [3.63, 3.8) is 0 Å². The quantitative estimate of drug-likeness (QED) is 0.691. The predicted octanol–water partition coefficient (Wildman–Crippen LogP) is 2.37. The Labute approximate surface area is 94.0 Å². The molecule has 0 aromatic carbocycles. The number of hydrogen-bond donors (Lipinski definition) is 0. The fraction of sp³-hybridized carbons (Fsp3) is 0.545. The first-order chi connectivity index (χ1) is 7.18. The van der Waals surface area contributed by atoms with E-state index in [2.05, 4.69) is 6.92 Å². The molecular formula is C11H14ClNO2. The molecule has 2 rings (SSSR count). The molecule has 82 valence electrons. The Morgan fingerprint density at radius 2 is 2.47 bits per heavy atom. The molecule has 0 N–H and O–H groups in total. The molecule has 1 aromatic heterocycles. The highest BCUT2D eigenvalue weighted by molar-refractivity contribution is 6.21. The Bertz CT molecular complexity index is 336. The SMILES string of the molecule is CC1CCN(C(=O)c2ccoc2)CC1Cl. The van der Waals surface area contributed by atoms with Crippen LogP contribution in [0.4, 0.5) is 0 Å². The van der Waals surface area contributed by atoms with E-state index in [1.54, 1.807) is 11.0 Å². The molecule has 1 aromatic rings. The van der Waals surface area contributed by atoms with Crippen molar-refractivity contribution >= 4 is 17.5 Å². The second-order valence-electron chi connectivity index (χ2n) is 4.05. The number of rotatable bonds is 1. The standard InChI is InChI=1S/C11H14ClNO2/c1-8-2-4-13(6-10(8)12)11(14)9-3-5-15-7-9/h3,5,7-8,10H,2,4,6H2,1H3. The van der Waals surface area contributed by atoms with Crippen molar-refractivity contribution in [1.29, 1.82) is 0 Å². The number of amides is 1. The molecule has 1 saturated heterocycles. The summed E-state index contributed by atoms with van der Waals surface area (Å²) >= 11 is 6.15. The van der Waals surface area contributed by atoms with Gasteiger partial charge in [0.1, 0.15) is 6.26 Å². The van der Waals surface area contributed by atoms with Gasteiger partial charge in [-0.3, -0.25) is 4.79 Å². The minimum atomic E-state index is 0.0151. The van der Waals surface area contributed by atoms with E-state index < -0.39 is 0 Å². The largest absolute Gasteiger partial charge is 0.472 e. The third kappa shape index (κ3) is 2.17. The second kappa shape index (κ2) is 4.27. The van der Waals surface area contributed by atoms with Crippen molar-refractivity contribution in [2.45, 2.75) is 18.7 Å². The summed E-state index contributed by atoms with van der Waals surface area (Å²) in [7, 11) is 0. The number of carbonyl (C=O) groups is 1. The van der Waals surface area contributed by atoms with Crippen LogP contribution in [0.1, 0.15) is 23.7 Å². The van der Waals surface area contributed by atoms with E-state index in [0.29, 0.717) is 18.0 Å². The summed E-state index contributed by atoms with van der Waals surface area (Å²) in [6.45, 7) is 3.54. The van der Waals surface area contributed by atoms with Gasteiger partial charge in [0.25, 0.3) is 5.91 Å². The number of hydrogen-bond acceptors (Lipinski definition) is 2. The zero-order valence-electron chi connectivity index (χ0n) is 8.65. The second-order valence-corrected chi connectivity index (χ2v) is 4.61. The predicted molar refractivity (Wildman–Crippen MR) is 58.0 cm³/mol. The monoisotopic (exact) mass is 227 g/mol. The van der Waals surface area contributed by atoms with Crippen molar-refractivity contribution in [3.05, 3.63) is 24.2 Å². The topological polar surface area (TPSA) is 33.5 Å². The van der Waals surface area contributed by atoms with Gasteiger partial charge in [0, 0.05) is 13.1 Å². The van der Waals surface area contributed by atoms with Gasteiger partial charge in [0.15, 0.2) is 0 Å². The van der Waals surface area contributed by atoms with E-state index in [0.717, 1.165) is 13.0 Å². The minimum Gasteiger partial charge on any atom is -0.472 e. The van der Waals surface area contributed by atoms with E-state index in [-0.39, 0.29) is 11.3 Å². The fourth-order valence-corrected chi connectivity index (χ4v) is 2.07. The zero-order chi connectivity index (χ0) is 10.8. The average molecular weight is 228 g/mol. The highest BCUT2D eigenvalue weighted by atomic mass is 35.5. The van der Waals surface area contributed by atoms with Gasteiger partial charge in [-0.25, -0.2) is 0 Å². The van der Waals surface area contributed by atoms with Crippen molar-refractivity contribution in [1.82, 2.24) is 4.90 Å². The Balaban J connectivity index is 2.03. The molecule has 1 fully saturated rings. The summed E-state index contributed by atoms with van der Waals surface area (Å²) in [6, 6.07) is 1.68. The van der Waals surface area contributed by atoms with Gasteiger partial charge in [0.05, 0.1) is 17.2 Å². The van der Waals surface area contributed by atoms with Crippen LogP contribution in [0.5, 0.6) is 0 Å². The first kappa shape index (κ1) is 10.6. The van der Waals surface area contributed by atoms with Crippen LogP contribution in [0.3, 0.4) is 0 Å². The smallest absolute Gasteiger partial charge is 0.257 e. The fourth-order valence-electron chi connectivity index (χ4n) is 1.78. The number of carbonyl (C=O) groups excluding carboxylic acids is 1. The van der Waals surface area contributed by atoms with Gasteiger partial charge >= 0.3 is 0 Å². The zero-order valence-corrected chi connectivity index (χ0v) is 9.41. The first-order valence-corrected chi connectivity index (χ1v) is 5.57. The summed E-state index contributed by atoms with van der Waals surface area (Å²) < 4.78 is 4.89. The average Bonchev–Trinajstić information content (AvgIpc) is 2.74. The normalized spacial score (nSPS) is 26.7. The van der Waals surface area contributed by atoms with E-state index in [4.69, 9.17) is 16.0 Å². The Kier molecular flexibility index (Phi) is 3.00. The summed E-state index contributed by atoms with van der Waals surface area (Å²) in [4.78, 5) is 13.7. The maximum Gasteiger partial charge on any atom is 0.257 e. The van der Waals surface area contributed by atoms with Crippen LogP contribution in [0, 0.1) is 5.92 Å². The number of likely N-dealkylation sites (tertiary alicyclic amines) is 1. The molecule has 2 heterocycles. The summed E-state index contributed by atoms with van der Waals surface area (Å²) in [5, 5.41) is 0.0644. The molecule has 1 amide bonds. The molecule has 0 spiro atoms. The van der Waals surface area contributed by atoms with Crippen LogP contribution >= 0.6 is 11.6 Å². The molecule has 0 aliphatic carbocycles. The molecule has 4 heteroatoms. The molecule has 15 heavy (non-hydrogen) atoms. The summed E-state index contributed by atoms with van der Waals surface area (Å²) in [5.41, 5.74) is 0.605. The third-order valence-electron chi connectivity index (χ3n) is 2.92. The molecule has 0 radical (unpaired) electrons. The number of nitrogens with zero attached hydrogens (tertiary/aromatic N) is 1. The molecule has 1 aliphatic rings. The Morgan fingerprint density at radius 1 is 1.67 bits per heavy atom. The third-order valence-corrected chi connectivity index (χ3v) is 3.49. The first-order valence-electron chi connectivity index (χ1n) is 5.14. The molecule has 0 bridgehead atoms. The molecule has 2 unspecified atom stereocenters. The minimum absolute atomic E-state index is 0.0151. The van der Waals surface area contributed by atoms with Crippen LogP contribution in [-0.2, 0) is 0 Å². The lowest BCUT2D eigenvalue weighted by molar-refractivity contribution is 0.0700. The summed E-state index contributed by atoms with van der Waals surface area (Å²) in [5.74, 6) is 0.501. The Morgan fingerprint density at radius 3 is 3.07 bits per heavy atom. The lowest BCUT2D eigenvalue weighted by Crippen LogP contribution is -2.43. The Hall–Kier alpha value is -0.960. The molecule has 1 aliphatic heterocycles. The van der Waals surface area contributed by atoms with Gasteiger partial charge in [0.2, 0.25) is 0 Å². The van der Waals surface area contributed by atoms with Gasteiger partial charge in [-0.2, -0.15) is 0 Å². The molecule has 3 nitrogen and oxygen atoms in total. The van der Waals surface area contributed by atoms with E-state index in [1.807, 2.05) is 0 Å². The van der Waals surface area contributed by atoms with Crippen LogP contribution in [0.25, 0.3) is 0 Å². The van der Waals surface area contributed by atoms with Crippen LogP contribution in [0.2, 0.25) is 0 Å². The number of halogens is 1. The van der Waals surface area contributed by atoms with Gasteiger partial charge < -0.3 is 9.32 Å². The highest BCUT2D eigenvalue weighted by Crippen LogP contribution is 2.23. The molecular weight excluding hydrogens is 214 g/mol. The highest BCUT2D eigenvalue weighted by Gasteiger charge is 2.28. The van der Waals surface area contributed by atoms with Crippen molar-refractivity contribution < 1.29 is 9.21 Å².